The SMILES string of the molecule is CCOc1ccc(/C=N\NC(=O)[C@@H](C)Oc2ccc(Cl)cc2Cl)c2ccccc12. The molecule has 0 saturated heterocycles. The minimum atomic E-state index is -0.789. The van der Waals surface area contributed by atoms with Crippen LogP contribution < -0.4 is 14.9 Å². The van der Waals surface area contributed by atoms with E-state index in [1.165, 1.54) is 0 Å². The molecule has 0 aromatic heterocycles. The monoisotopic (exact) mass is 430 g/mol. The van der Waals surface area contributed by atoms with Gasteiger partial charge < -0.3 is 9.47 Å². The van der Waals surface area contributed by atoms with Crippen LogP contribution in [0, 0.1) is 0 Å². The predicted molar refractivity (Wildman–Crippen MR) is 117 cm³/mol. The fourth-order valence-corrected chi connectivity index (χ4v) is 3.21. The molecule has 7 heteroatoms. The Morgan fingerprint density at radius 3 is 2.55 bits per heavy atom. The highest BCUT2D eigenvalue weighted by Crippen LogP contribution is 2.29. The van der Waals surface area contributed by atoms with Gasteiger partial charge in [0, 0.05) is 16.0 Å². The van der Waals surface area contributed by atoms with E-state index in [1.807, 2.05) is 43.3 Å². The van der Waals surface area contributed by atoms with Gasteiger partial charge in [-0.3, -0.25) is 4.79 Å². The Bertz CT molecular complexity index is 1050. The molecule has 0 aliphatic heterocycles. The highest BCUT2D eigenvalue weighted by molar-refractivity contribution is 6.35. The second-order valence-corrected chi connectivity index (χ2v) is 7.04. The molecule has 3 rings (SSSR count). The van der Waals surface area contributed by atoms with Crippen molar-refractivity contribution in [1.82, 2.24) is 5.43 Å². The van der Waals surface area contributed by atoms with Crippen LogP contribution in [0.3, 0.4) is 0 Å². The minimum Gasteiger partial charge on any atom is -0.493 e. The number of hydrogen-bond donors (Lipinski definition) is 1. The second-order valence-electron chi connectivity index (χ2n) is 6.20. The summed E-state index contributed by atoms with van der Waals surface area (Å²) in [6, 6.07) is 16.5. The number of rotatable bonds is 7. The number of hydrazone groups is 1. The summed E-state index contributed by atoms with van der Waals surface area (Å²) in [5.41, 5.74) is 3.35. The number of nitrogens with one attached hydrogen (secondary N) is 1. The fourth-order valence-electron chi connectivity index (χ4n) is 2.76. The van der Waals surface area contributed by atoms with Gasteiger partial charge in [-0.05, 0) is 49.6 Å². The summed E-state index contributed by atoms with van der Waals surface area (Å²) in [4.78, 5) is 12.3. The molecule has 0 radical (unpaired) electrons. The Morgan fingerprint density at radius 2 is 1.83 bits per heavy atom. The molecule has 0 bridgehead atoms. The van der Waals surface area contributed by atoms with E-state index in [0.29, 0.717) is 22.4 Å². The summed E-state index contributed by atoms with van der Waals surface area (Å²) in [5.74, 6) is 0.786. The number of halogens is 2. The van der Waals surface area contributed by atoms with Gasteiger partial charge in [0.05, 0.1) is 17.8 Å². The van der Waals surface area contributed by atoms with Gasteiger partial charge in [-0.1, -0.05) is 47.5 Å². The molecular weight excluding hydrogens is 411 g/mol. The average molecular weight is 431 g/mol. The Morgan fingerprint density at radius 1 is 1.10 bits per heavy atom. The first-order valence-corrected chi connectivity index (χ1v) is 9.84. The van der Waals surface area contributed by atoms with Crippen LogP contribution in [0.1, 0.15) is 19.4 Å². The first kappa shape index (κ1) is 21.0. The van der Waals surface area contributed by atoms with Crippen molar-refractivity contribution in [2.24, 2.45) is 5.10 Å². The van der Waals surface area contributed by atoms with E-state index >= 15 is 0 Å². The smallest absolute Gasteiger partial charge is 0.280 e. The van der Waals surface area contributed by atoms with Gasteiger partial charge in [-0.25, -0.2) is 5.43 Å². The third kappa shape index (κ3) is 5.19. The standard InChI is InChI=1S/C22H20Cl2N2O3/c1-3-28-20-10-8-15(17-6-4-5-7-18(17)20)13-25-26-22(27)14(2)29-21-11-9-16(23)12-19(21)24/h4-14H,3H2,1-2H3,(H,26,27)/b25-13-/t14-/m1/s1. The summed E-state index contributed by atoms with van der Waals surface area (Å²) >= 11 is 11.9. The molecule has 5 nitrogen and oxygen atoms in total. The molecule has 0 heterocycles. The normalized spacial score (nSPS) is 12.1. The Balaban J connectivity index is 1.69. The Hall–Kier alpha value is -2.76. The molecule has 150 valence electrons. The van der Waals surface area contributed by atoms with E-state index in [1.54, 1.807) is 31.3 Å². The molecule has 3 aromatic carbocycles. The van der Waals surface area contributed by atoms with Crippen molar-refractivity contribution < 1.29 is 14.3 Å². The van der Waals surface area contributed by atoms with Crippen LogP contribution in [0.25, 0.3) is 10.8 Å². The largest absolute Gasteiger partial charge is 0.493 e. The van der Waals surface area contributed by atoms with Crippen molar-refractivity contribution in [2.75, 3.05) is 6.61 Å². The van der Waals surface area contributed by atoms with Crippen molar-refractivity contribution in [3.05, 3.63) is 70.2 Å². The number of hydrogen-bond acceptors (Lipinski definition) is 4. The number of carbonyl (C=O) groups excluding carboxylic acids is 1. The maximum Gasteiger partial charge on any atom is 0.280 e. The zero-order valence-electron chi connectivity index (χ0n) is 16.0. The molecule has 0 aliphatic carbocycles. The van der Waals surface area contributed by atoms with Crippen LogP contribution in [0.5, 0.6) is 11.5 Å². The molecule has 0 saturated carbocycles. The van der Waals surface area contributed by atoms with Crippen LogP contribution in [0.15, 0.2) is 59.7 Å². The van der Waals surface area contributed by atoms with Crippen molar-refractivity contribution in [3.63, 3.8) is 0 Å². The Labute approximate surface area is 179 Å². The lowest BCUT2D eigenvalue weighted by Gasteiger charge is -2.14. The molecule has 0 spiro atoms. The second kappa shape index (κ2) is 9.63. The summed E-state index contributed by atoms with van der Waals surface area (Å²) in [6.07, 6.45) is 0.806. The van der Waals surface area contributed by atoms with Gasteiger partial charge in [0.1, 0.15) is 11.5 Å². The number of fused-ring (bicyclic) bond motifs is 1. The van der Waals surface area contributed by atoms with Crippen molar-refractivity contribution in [3.8, 4) is 11.5 Å². The molecule has 0 aliphatic rings. The number of benzene rings is 3. The van der Waals surface area contributed by atoms with Crippen LogP contribution in [-0.2, 0) is 4.79 Å². The highest BCUT2D eigenvalue weighted by atomic mass is 35.5. The lowest BCUT2D eigenvalue weighted by atomic mass is 10.0. The topological polar surface area (TPSA) is 59.9 Å². The van der Waals surface area contributed by atoms with Crippen LogP contribution in [0.4, 0.5) is 0 Å². The van der Waals surface area contributed by atoms with Crippen molar-refractivity contribution in [1.29, 1.82) is 0 Å². The molecule has 1 atom stereocenters. The first-order chi connectivity index (χ1) is 14.0. The number of ether oxygens (including phenoxy) is 2. The van der Waals surface area contributed by atoms with E-state index in [0.717, 1.165) is 22.1 Å². The molecule has 0 fully saturated rings. The number of nitrogens with zero attached hydrogens (tertiary/aromatic N) is 1. The quantitative estimate of drug-likeness (QED) is 0.399. The molecular formula is C22H20Cl2N2O3. The maximum absolute atomic E-state index is 12.3. The van der Waals surface area contributed by atoms with E-state index in [9.17, 15) is 4.79 Å². The molecule has 0 unspecified atom stereocenters. The number of amides is 1. The van der Waals surface area contributed by atoms with Gasteiger partial charge in [0.2, 0.25) is 0 Å². The summed E-state index contributed by atoms with van der Waals surface area (Å²) < 4.78 is 11.3. The third-order valence-electron chi connectivity index (χ3n) is 4.16. The van der Waals surface area contributed by atoms with Crippen LogP contribution in [-0.4, -0.2) is 24.8 Å². The minimum absolute atomic E-state index is 0.335. The van der Waals surface area contributed by atoms with Gasteiger partial charge >= 0.3 is 0 Å². The van der Waals surface area contributed by atoms with Gasteiger partial charge in [0.25, 0.3) is 5.91 Å². The van der Waals surface area contributed by atoms with Crippen molar-refractivity contribution in [2.45, 2.75) is 20.0 Å². The average Bonchev–Trinajstić information content (AvgIpc) is 2.71. The van der Waals surface area contributed by atoms with Gasteiger partial charge in [-0.15, -0.1) is 0 Å². The molecule has 3 aromatic rings. The summed E-state index contributed by atoms with van der Waals surface area (Å²) in [6.45, 7) is 4.14. The molecule has 1 amide bonds. The van der Waals surface area contributed by atoms with Crippen LogP contribution >= 0.6 is 23.2 Å². The fraction of sp³-hybridized carbons (Fsp3) is 0.182. The van der Waals surface area contributed by atoms with E-state index < -0.39 is 12.0 Å². The van der Waals surface area contributed by atoms with Gasteiger partial charge in [-0.2, -0.15) is 5.10 Å². The first-order valence-electron chi connectivity index (χ1n) is 9.08. The molecule has 29 heavy (non-hydrogen) atoms. The van der Waals surface area contributed by atoms with Gasteiger partial charge in [0.15, 0.2) is 6.10 Å². The lowest BCUT2D eigenvalue weighted by molar-refractivity contribution is -0.127. The lowest BCUT2D eigenvalue weighted by Crippen LogP contribution is -2.33. The predicted octanol–water partition coefficient (Wildman–Crippen LogP) is 5.46. The zero-order chi connectivity index (χ0) is 20.8. The van der Waals surface area contributed by atoms with Crippen molar-refractivity contribution >= 4 is 46.1 Å². The molecule has 1 N–H and O–H groups in total. The Kier molecular flexibility index (Phi) is 6.96. The highest BCUT2D eigenvalue weighted by Gasteiger charge is 2.15. The van der Waals surface area contributed by atoms with E-state index in [4.69, 9.17) is 32.7 Å². The van der Waals surface area contributed by atoms with E-state index in [-0.39, 0.29) is 0 Å². The van der Waals surface area contributed by atoms with E-state index in [2.05, 4.69) is 10.5 Å². The summed E-state index contributed by atoms with van der Waals surface area (Å²) in [7, 11) is 0. The third-order valence-corrected chi connectivity index (χ3v) is 4.69. The van der Waals surface area contributed by atoms with Crippen LogP contribution in [0.2, 0.25) is 10.0 Å². The zero-order valence-corrected chi connectivity index (χ0v) is 17.5. The maximum atomic E-state index is 12.3. The summed E-state index contributed by atoms with van der Waals surface area (Å²) in [5, 5.41) is 6.86. The number of carbonyl (C=O) groups is 1.